The summed E-state index contributed by atoms with van der Waals surface area (Å²) in [7, 11) is 0. The lowest BCUT2D eigenvalue weighted by Gasteiger charge is -2.33. The van der Waals surface area contributed by atoms with E-state index in [1.54, 1.807) is 23.1 Å². The quantitative estimate of drug-likeness (QED) is 0.811. The van der Waals surface area contributed by atoms with Crippen LogP contribution in [-0.2, 0) is 4.74 Å². The Morgan fingerprint density at radius 1 is 1.18 bits per heavy atom. The van der Waals surface area contributed by atoms with Gasteiger partial charge >= 0.3 is 0 Å². The molecule has 3 nitrogen and oxygen atoms in total. The molecule has 5 heteroatoms. The highest BCUT2D eigenvalue weighted by atomic mass is 79.9. The van der Waals surface area contributed by atoms with E-state index in [9.17, 15) is 9.18 Å². The second-order valence-corrected chi connectivity index (χ2v) is 6.00. The summed E-state index contributed by atoms with van der Waals surface area (Å²) in [4.78, 5) is 14.4. The predicted molar refractivity (Wildman–Crippen MR) is 85.1 cm³/mol. The molecular formula is C17H15BrFNO2. The second-order valence-electron chi connectivity index (χ2n) is 5.14. The SMILES string of the molecule is O=C(c1ccccc1Br)N1CCOC(c2ccc(F)cc2)C1. The van der Waals surface area contributed by atoms with Crippen LogP contribution < -0.4 is 0 Å². The molecule has 114 valence electrons. The third-order valence-electron chi connectivity index (χ3n) is 3.70. The summed E-state index contributed by atoms with van der Waals surface area (Å²) < 4.78 is 19.5. The van der Waals surface area contributed by atoms with Gasteiger partial charge < -0.3 is 9.64 Å². The minimum Gasteiger partial charge on any atom is -0.370 e. The first kappa shape index (κ1) is 15.2. The molecule has 1 fully saturated rings. The van der Waals surface area contributed by atoms with Crippen LogP contribution in [0.15, 0.2) is 53.0 Å². The van der Waals surface area contributed by atoms with Gasteiger partial charge in [-0.15, -0.1) is 0 Å². The monoisotopic (exact) mass is 363 g/mol. The number of morpholine rings is 1. The largest absolute Gasteiger partial charge is 0.370 e. The van der Waals surface area contributed by atoms with Crippen LogP contribution in [-0.4, -0.2) is 30.5 Å². The summed E-state index contributed by atoms with van der Waals surface area (Å²) in [5, 5.41) is 0. The Kier molecular flexibility index (Phi) is 4.55. The molecule has 2 aromatic rings. The molecule has 0 bridgehead atoms. The summed E-state index contributed by atoms with van der Waals surface area (Å²) in [6.45, 7) is 1.49. The standard InChI is InChI=1S/C17H15BrFNO2/c18-15-4-2-1-3-14(15)17(21)20-9-10-22-16(11-20)12-5-7-13(19)8-6-12/h1-8,16H,9-11H2. The molecular weight excluding hydrogens is 349 g/mol. The number of benzene rings is 2. The number of hydrogen-bond acceptors (Lipinski definition) is 2. The number of ether oxygens (including phenoxy) is 1. The highest BCUT2D eigenvalue weighted by Crippen LogP contribution is 2.25. The van der Waals surface area contributed by atoms with Crippen LogP contribution in [0.5, 0.6) is 0 Å². The number of hydrogen-bond donors (Lipinski definition) is 0. The van der Waals surface area contributed by atoms with Crippen LogP contribution in [0, 0.1) is 5.82 Å². The molecule has 1 saturated heterocycles. The van der Waals surface area contributed by atoms with Crippen molar-refractivity contribution in [2.75, 3.05) is 19.7 Å². The molecule has 0 aliphatic carbocycles. The Labute approximate surface area is 136 Å². The Balaban J connectivity index is 1.77. The lowest BCUT2D eigenvalue weighted by Crippen LogP contribution is -2.42. The first-order valence-corrected chi connectivity index (χ1v) is 7.85. The van der Waals surface area contributed by atoms with Crippen LogP contribution in [0.3, 0.4) is 0 Å². The number of carbonyl (C=O) groups excluding carboxylic acids is 1. The van der Waals surface area contributed by atoms with Gasteiger partial charge in [-0.25, -0.2) is 4.39 Å². The zero-order valence-corrected chi connectivity index (χ0v) is 13.4. The number of amides is 1. The van der Waals surface area contributed by atoms with E-state index in [2.05, 4.69) is 15.9 Å². The smallest absolute Gasteiger partial charge is 0.255 e. The molecule has 3 rings (SSSR count). The van der Waals surface area contributed by atoms with Crippen LogP contribution >= 0.6 is 15.9 Å². The molecule has 1 amide bonds. The molecule has 0 spiro atoms. The van der Waals surface area contributed by atoms with Crippen molar-refractivity contribution in [1.29, 1.82) is 0 Å². The first-order chi connectivity index (χ1) is 10.6. The highest BCUT2D eigenvalue weighted by molar-refractivity contribution is 9.10. The van der Waals surface area contributed by atoms with E-state index in [1.165, 1.54) is 12.1 Å². The second kappa shape index (κ2) is 6.58. The summed E-state index contributed by atoms with van der Waals surface area (Å²) >= 11 is 3.41. The van der Waals surface area contributed by atoms with Crippen molar-refractivity contribution < 1.29 is 13.9 Å². The third kappa shape index (κ3) is 3.20. The number of nitrogens with zero attached hydrogens (tertiary/aromatic N) is 1. The zero-order valence-electron chi connectivity index (χ0n) is 11.8. The fraction of sp³-hybridized carbons (Fsp3) is 0.235. The van der Waals surface area contributed by atoms with Crippen molar-refractivity contribution in [2.24, 2.45) is 0 Å². The molecule has 1 aliphatic rings. The van der Waals surface area contributed by atoms with Gasteiger partial charge in [0.05, 0.1) is 18.7 Å². The molecule has 1 aliphatic heterocycles. The maximum absolute atomic E-state index is 13.0. The molecule has 1 unspecified atom stereocenters. The van der Waals surface area contributed by atoms with Crippen molar-refractivity contribution in [1.82, 2.24) is 4.90 Å². The first-order valence-electron chi connectivity index (χ1n) is 7.06. The number of rotatable bonds is 2. The average molecular weight is 364 g/mol. The molecule has 2 aromatic carbocycles. The average Bonchev–Trinajstić information content (AvgIpc) is 2.55. The fourth-order valence-corrected chi connectivity index (χ4v) is 2.97. The molecule has 0 saturated carbocycles. The number of halogens is 2. The molecule has 0 radical (unpaired) electrons. The van der Waals surface area contributed by atoms with Gasteiger partial charge in [-0.1, -0.05) is 24.3 Å². The maximum atomic E-state index is 13.0. The van der Waals surface area contributed by atoms with E-state index in [0.29, 0.717) is 25.3 Å². The van der Waals surface area contributed by atoms with Crippen LogP contribution in [0.25, 0.3) is 0 Å². The van der Waals surface area contributed by atoms with E-state index >= 15 is 0 Å². The Bertz CT molecular complexity index is 675. The van der Waals surface area contributed by atoms with Gasteiger partial charge in [-0.2, -0.15) is 0 Å². The minimum absolute atomic E-state index is 0.0251. The van der Waals surface area contributed by atoms with E-state index in [0.717, 1.165) is 10.0 Å². The molecule has 1 heterocycles. The zero-order chi connectivity index (χ0) is 15.5. The maximum Gasteiger partial charge on any atom is 0.255 e. The summed E-state index contributed by atoms with van der Waals surface area (Å²) in [6, 6.07) is 13.6. The molecule has 0 N–H and O–H groups in total. The Morgan fingerprint density at radius 3 is 2.64 bits per heavy atom. The Hall–Kier alpha value is -1.72. The Morgan fingerprint density at radius 2 is 1.91 bits per heavy atom. The minimum atomic E-state index is -0.277. The fourth-order valence-electron chi connectivity index (χ4n) is 2.52. The molecule has 22 heavy (non-hydrogen) atoms. The third-order valence-corrected chi connectivity index (χ3v) is 4.39. The number of carbonyl (C=O) groups is 1. The van der Waals surface area contributed by atoms with E-state index in [-0.39, 0.29) is 17.8 Å². The predicted octanol–water partition coefficient (Wildman–Crippen LogP) is 3.80. The van der Waals surface area contributed by atoms with Gasteiger partial charge in [0.2, 0.25) is 0 Å². The van der Waals surface area contributed by atoms with Gasteiger partial charge in [0.15, 0.2) is 0 Å². The van der Waals surface area contributed by atoms with E-state index in [1.807, 2.05) is 18.2 Å². The normalized spacial score (nSPS) is 18.3. The van der Waals surface area contributed by atoms with Crippen LogP contribution in [0.4, 0.5) is 4.39 Å². The van der Waals surface area contributed by atoms with Gasteiger partial charge in [-0.3, -0.25) is 4.79 Å². The van der Waals surface area contributed by atoms with E-state index in [4.69, 9.17) is 4.74 Å². The van der Waals surface area contributed by atoms with Gasteiger partial charge in [-0.05, 0) is 45.8 Å². The van der Waals surface area contributed by atoms with E-state index < -0.39 is 0 Å². The van der Waals surface area contributed by atoms with Crippen molar-refractivity contribution in [3.63, 3.8) is 0 Å². The van der Waals surface area contributed by atoms with Gasteiger partial charge in [0, 0.05) is 11.0 Å². The molecule has 0 aromatic heterocycles. The van der Waals surface area contributed by atoms with Crippen molar-refractivity contribution in [2.45, 2.75) is 6.10 Å². The summed E-state index contributed by atoms with van der Waals surface area (Å²) in [6.07, 6.45) is -0.221. The summed E-state index contributed by atoms with van der Waals surface area (Å²) in [5.41, 5.74) is 1.52. The van der Waals surface area contributed by atoms with Crippen molar-refractivity contribution in [3.8, 4) is 0 Å². The van der Waals surface area contributed by atoms with Gasteiger partial charge in [0.25, 0.3) is 5.91 Å². The highest BCUT2D eigenvalue weighted by Gasteiger charge is 2.26. The molecule has 1 atom stereocenters. The van der Waals surface area contributed by atoms with Crippen molar-refractivity contribution in [3.05, 3.63) is 69.9 Å². The topological polar surface area (TPSA) is 29.5 Å². The summed E-state index contributed by atoms with van der Waals surface area (Å²) in [5.74, 6) is -0.302. The lowest BCUT2D eigenvalue weighted by atomic mass is 10.1. The van der Waals surface area contributed by atoms with Crippen LogP contribution in [0.1, 0.15) is 22.0 Å². The van der Waals surface area contributed by atoms with Gasteiger partial charge in [0.1, 0.15) is 11.9 Å². The van der Waals surface area contributed by atoms with Crippen LogP contribution in [0.2, 0.25) is 0 Å². The lowest BCUT2D eigenvalue weighted by molar-refractivity contribution is -0.0228. The van der Waals surface area contributed by atoms with Crippen molar-refractivity contribution >= 4 is 21.8 Å².